The van der Waals surface area contributed by atoms with Gasteiger partial charge in [-0.25, -0.2) is 9.78 Å². The first-order chi connectivity index (χ1) is 9.29. The van der Waals surface area contributed by atoms with Crippen molar-refractivity contribution in [2.24, 2.45) is 0 Å². The van der Waals surface area contributed by atoms with Gasteiger partial charge in [-0.1, -0.05) is 19.3 Å². The van der Waals surface area contributed by atoms with Gasteiger partial charge < -0.3 is 9.30 Å². The van der Waals surface area contributed by atoms with Gasteiger partial charge in [0.15, 0.2) is 0 Å². The SMILES string of the molecule is COC(=O)c1ccc2ncn(C3CCCCC3)c2c1. The molecule has 3 rings (SSSR count). The molecule has 100 valence electrons. The number of ether oxygens (including phenoxy) is 1. The smallest absolute Gasteiger partial charge is 0.337 e. The van der Waals surface area contributed by atoms with E-state index in [0.717, 1.165) is 11.0 Å². The predicted octanol–water partition coefficient (Wildman–Crippen LogP) is 3.33. The molecule has 0 spiro atoms. The van der Waals surface area contributed by atoms with Crippen LogP contribution in [0.4, 0.5) is 0 Å². The molecule has 19 heavy (non-hydrogen) atoms. The van der Waals surface area contributed by atoms with Crippen molar-refractivity contribution in [3.05, 3.63) is 30.1 Å². The normalized spacial score (nSPS) is 16.7. The Morgan fingerprint density at radius 1 is 1.32 bits per heavy atom. The van der Waals surface area contributed by atoms with Gasteiger partial charge in [0.1, 0.15) is 0 Å². The molecule has 4 nitrogen and oxygen atoms in total. The standard InChI is InChI=1S/C15H18N2O2/c1-19-15(18)11-7-8-13-14(9-11)17(10-16-13)12-5-3-2-4-6-12/h7-10,12H,2-6H2,1H3. The summed E-state index contributed by atoms with van der Waals surface area (Å²) in [5, 5.41) is 0. The Hall–Kier alpha value is -1.84. The van der Waals surface area contributed by atoms with E-state index in [2.05, 4.69) is 9.55 Å². The average molecular weight is 258 g/mol. The Labute approximate surface area is 112 Å². The minimum absolute atomic E-state index is 0.293. The van der Waals surface area contributed by atoms with Crippen LogP contribution in [0.15, 0.2) is 24.5 Å². The summed E-state index contributed by atoms with van der Waals surface area (Å²) in [5.41, 5.74) is 2.57. The van der Waals surface area contributed by atoms with E-state index in [1.807, 2.05) is 18.5 Å². The first kappa shape index (κ1) is 12.2. The Morgan fingerprint density at radius 3 is 2.84 bits per heavy atom. The molecule has 1 aromatic heterocycles. The van der Waals surface area contributed by atoms with Crippen molar-refractivity contribution in [2.75, 3.05) is 7.11 Å². The molecule has 0 saturated heterocycles. The molecular formula is C15H18N2O2. The number of carbonyl (C=O) groups excluding carboxylic acids is 1. The van der Waals surface area contributed by atoms with Crippen molar-refractivity contribution in [2.45, 2.75) is 38.1 Å². The number of hydrogen-bond donors (Lipinski definition) is 0. The molecule has 1 fully saturated rings. The molecule has 0 N–H and O–H groups in total. The van der Waals surface area contributed by atoms with Crippen molar-refractivity contribution in [1.29, 1.82) is 0 Å². The number of rotatable bonds is 2. The molecule has 4 heteroatoms. The maximum Gasteiger partial charge on any atom is 0.337 e. The molecule has 0 aliphatic heterocycles. The van der Waals surface area contributed by atoms with E-state index >= 15 is 0 Å². The Kier molecular flexibility index (Phi) is 3.23. The summed E-state index contributed by atoms with van der Waals surface area (Å²) in [6.07, 6.45) is 8.20. The highest BCUT2D eigenvalue weighted by molar-refractivity contribution is 5.93. The lowest BCUT2D eigenvalue weighted by molar-refractivity contribution is 0.0601. The van der Waals surface area contributed by atoms with E-state index in [1.54, 1.807) is 6.07 Å². The number of benzene rings is 1. The molecule has 1 saturated carbocycles. The summed E-state index contributed by atoms with van der Waals surface area (Å²) in [4.78, 5) is 16.0. The molecule has 1 aliphatic carbocycles. The number of fused-ring (bicyclic) bond motifs is 1. The zero-order chi connectivity index (χ0) is 13.2. The number of imidazole rings is 1. The Balaban J connectivity index is 2.02. The minimum Gasteiger partial charge on any atom is -0.465 e. The second-order valence-corrected chi connectivity index (χ2v) is 5.14. The van der Waals surface area contributed by atoms with Gasteiger partial charge in [0.25, 0.3) is 0 Å². The lowest BCUT2D eigenvalue weighted by Gasteiger charge is -2.23. The number of methoxy groups -OCH3 is 1. The zero-order valence-corrected chi connectivity index (χ0v) is 11.1. The van der Waals surface area contributed by atoms with E-state index in [0.29, 0.717) is 11.6 Å². The number of nitrogens with zero attached hydrogens (tertiary/aromatic N) is 2. The topological polar surface area (TPSA) is 44.1 Å². The number of aromatic nitrogens is 2. The highest BCUT2D eigenvalue weighted by Crippen LogP contribution is 2.31. The number of esters is 1. The first-order valence-electron chi connectivity index (χ1n) is 6.84. The maximum absolute atomic E-state index is 11.6. The van der Waals surface area contributed by atoms with Crippen molar-refractivity contribution in [1.82, 2.24) is 9.55 Å². The van der Waals surface area contributed by atoms with Crippen LogP contribution in [-0.4, -0.2) is 22.6 Å². The Bertz CT molecular complexity index is 597. The van der Waals surface area contributed by atoms with E-state index in [9.17, 15) is 4.79 Å². The van der Waals surface area contributed by atoms with Crippen molar-refractivity contribution >= 4 is 17.0 Å². The van der Waals surface area contributed by atoms with Crippen LogP contribution in [0.1, 0.15) is 48.5 Å². The molecule has 1 heterocycles. The van der Waals surface area contributed by atoms with E-state index in [4.69, 9.17) is 4.74 Å². The summed E-state index contributed by atoms with van der Waals surface area (Å²) in [7, 11) is 1.41. The molecule has 0 unspecified atom stereocenters. The number of carbonyl (C=O) groups is 1. The summed E-state index contributed by atoms with van der Waals surface area (Å²) < 4.78 is 7.00. The third kappa shape index (κ3) is 2.23. The highest BCUT2D eigenvalue weighted by atomic mass is 16.5. The van der Waals surface area contributed by atoms with Crippen molar-refractivity contribution in [3.8, 4) is 0 Å². The predicted molar refractivity (Wildman–Crippen MR) is 73.2 cm³/mol. The summed E-state index contributed by atoms with van der Waals surface area (Å²) in [5.74, 6) is -0.293. The van der Waals surface area contributed by atoms with Gasteiger partial charge in [-0.05, 0) is 31.0 Å². The Morgan fingerprint density at radius 2 is 2.11 bits per heavy atom. The second kappa shape index (κ2) is 5.03. The van der Waals surface area contributed by atoms with Crippen LogP contribution >= 0.6 is 0 Å². The van der Waals surface area contributed by atoms with Crippen LogP contribution in [0.3, 0.4) is 0 Å². The largest absolute Gasteiger partial charge is 0.465 e. The molecule has 0 amide bonds. The van der Waals surface area contributed by atoms with Crippen molar-refractivity contribution in [3.63, 3.8) is 0 Å². The van der Waals surface area contributed by atoms with E-state index in [1.165, 1.54) is 39.2 Å². The highest BCUT2D eigenvalue weighted by Gasteiger charge is 2.18. The zero-order valence-electron chi connectivity index (χ0n) is 11.1. The van der Waals surface area contributed by atoms with Crippen LogP contribution in [0.5, 0.6) is 0 Å². The van der Waals surface area contributed by atoms with Crippen LogP contribution in [0, 0.1) is 0 Å². The van der Waals surface area contributed by atoms with Gasteiger partial charge in [0, 0.05) is 6.04 Å². The first-order valence-corrected chi connectivity index (χ1v) is 6.84. The minimum atomic E-state index is -0.293. The molecule has 0 bridgehead atoms. The van der Waals surface area contributed by atoms with Gasteiger partial charge in [0.2, 0.25) is 0 Å². The fourth-order valence-corrected chi connectivity index (χ4v) is 2.92. The lowest BCUT2D eigenvalue weighted by atomic mass is 9.95. The van der Waals surface area contributed by atoms with Crippen LogP contribution in [0.25, 0.3) is 11.0 Å². The molecule has 1 aliphatic rings. The summed E-state index contributed by atoms with van der Waals surface area (Å²) in [6, 6.07) is 6.07. The molecule has 2 aromatic rings. The average Bonchev–Trinajstić information content (AvgIpc) is 2.90. The summed E-state index contributed by atoms with van der Waals surface area (Å²) >= 11 is 0. The third-order valence-corrected chi connectivity index (χ3v) is 3.96. The van der Waals surface area contributed by atoms with Gasteiger partial charge in [-0.15, -0.1) is 0 Å². The van der Waals surface area contributed by atoms with Gasteiger partial charge in [-0.3, -0.25) is 0 Å². The van der Waals surface area contributed by atoms with E-state index < -0.39 is 0 Å². The van der Waals surface area contributed by atoms with Crippen molar-refractivity contribution < 1.29 is 9.53 Å². The number of hydrogen-bond acceptors (Lipinski definition) is 3. The van der Waals surface area contributed by atoms with Gasteiger partial charge in [0.05, 0.1) is 30.0 Å². The van der Waals surface area contributed by atoms with Gasteiger partial charge in [-0.2, -0.15) is 0 Å². The van der Waals surface area contributed by atoms with Gasteiger partial charge >= 0.3 is 5.97 Å². The maximum atomic E-state index is 11.6. The fraction of sp³-hybridized carbons (Fsp3) is 0.467. The van der Waals surface area contributed by atoms with Crippen LogP contribution in [-0.2, 0) is 4.74 Å². The fourth-order valence-electron chi connectivity index (χ4n) is 2.92. The molecule has 0 atom stereocenters. The second-order valence-electron chi connectivity index (χ2n) is 5.14. The quantitative estimate of drug-likeness (QED) is 0.776. The van der Waals surface area contributed by atoms with Crippen LogP contribution in [0.2, 0.25) is 0 Å². The monoisotopic (exact) mass is 258 g/mol. The van der Waals surface area contributed by atoms with Crippen LogP contribution < -0.4 is 0 Å². The molecule has 0 radical (unpaired) electrons. The molecular weight excluding hydrogens is 240 g/mol. The third-order valence-electron chi connectivity index (χ3n) is 3.96. The summed E-state index contributed by atoms with van der Waals surface area (Å²) in [6.45, 7) is 0. The molecule has 1 aromatic carbocycles. The lowest BCUT2D eigenvalue weighted by Crippen LogP contribution is -2.12. The van der Waals surface area contributed by atoms with E-state index in [-0.39, 0.29) is 5.97 Å².